The number of benzene rings is 1. The quantitative estimate of drug-likeness (QED) is 0.791. The molecule has 0 spiro atoms. The fourth-order valence-corrected chi connectivity index (χ4v) is 3.33. The van der Waals surface area contributed by atoms with Crippen molar-refractivity contribution in [3.05, 3.63) is 47.5 Å². The van der Waals surface area contributed by atoms with Gasteiger partial charge < -0.3 is 9.88 Å². The van der Waals surface area contributed by atoms with E-state index in [0.29, 0.717) is 17.1 Å². The van der Waals surface area contributed by atoms with Crippen LogP contribution in [0, 0.1) is 0 Å². The molecule has 1 heterocycles. The van der Waals surface area contributed by atoms with Crippen molar-refractivity contribution in [1.29, 1.82) is 0 Å². The Hall–Kier alpha value is -1.37. The molecule has 2 aromatic rings. The van der Waals surface area contributed by atoms with E-state index in [4.69, 9.17) is 11.6 Å². The Morgan fingerprint density at radius 3 is 2.86 bits per heavy atom. The largest absolute Gasteiger partial charge is 0.337 e. The molecule has 7 heteroatoms. The molecule has 0 aliphatic heterocycles. The molecule has 0 saturated heterocycles. The van der Waals surface area contributed by atoms with Gasteiger partial charge in [0.1, 0.15) is 0 Å². The second-order valence-electron chi connectivity index (χ2n) is 4.82. The number of hydrogen-bond acceptors (Lipinski definition) is 4. The Morgan fingerprint density at radius 1 is 1.38 bits per heavy atom. The van der Waals surface area contributed by atoms with E-state index in [1.54, 1.807) is 30.7 Å². The Kier molecular flexibility index (Phi) is 5.39. The lowest BCUT2D eigenvalue weighted by molar-refractivity contribution is 0.575. The van der Waals surface area contributed by atoms with Crippen LogP contribution in [0.5, 0.6) is 0 Å². The summed E-state index contributed by atoms with van der Waals surface area (Å²) < 4.78 is 25.5. The van der Waals surface area contributed by atoms with Gasteiger partial charge in [-0.2, -0.15) is 0 Å². The summed E-state index contributed by atoms with van der Waals surface area (Å²) in [5.41, 5.74) is 0.629. The molecule has 1 aromatic carbocycles. The van der Waals surface area contributed by atoms with Gasteiger partial charge in [0.15, 0.2) is 9.84 Å². The van der Waals surface area contributed by atoms with Crippen molar-refractivity contribution < 1.29 is 8.42 Å². The van der Waals surface area contributed by atoms with E-state index < -0.39 is 9.84 Å². The highest BCUT2D eigenvalue weighted by Gasteiger charge is 2.15. The van der Waals surface area contributed by atoms with Gasteiger partial charge in [-0.05, 0) is 25.1 Å². The van der Waals surface area contributed by atoms with E-state index in [-0.39, 0.29) is 4.90 Å². The first kappa shape index (κ1) is 16.0. The fourth-order valence-electron chi connectivity index (χ4n) is 2.08. The second kappa shape index (κ2) is 7.06. The molecule has 0 amide bonds. The Bertz CT molecular complexity index is 684. The zero-order chi connectivity index (χ0) is 15.3. The van der Waals surface area contributed by atoms with Crippen molar-refractivity contribution >= 4 is 21.4 Å². The number of rotatable bonds is 7. The van der Waals surface area contributed by atoms with Crippen LogP contribution in [-0.2, 0) is 22.9 Å². The van der Waals surface area contributed by atoms with Crippen LogP contribution in [0.25, 0.3) is 0 Å². The number of sulfone groups is 1. The maximum atomic E-state index is 11.8. The topological polar surface area (TPSA) is 64.0 Å². The van der Waals surface area contributed by atoms with Crippen molar-refractivity contribution in [2.24, 2.45) is 0 Å². The van der Waals surface area contributed by atoms with E-state index in [2.05, 4.69) is 10.3 Å². The van der Waals surface area contributed by atoms with Crippen molar-refractivity contribution in [1.82, 2.24) is 14.9 Å². The molecule has 114 valence electrons. The van der Waals surface area contributed by atoms with Gasteiger partial charge in [0.2, 0.25) is 0 Å². The van der Waals surface area contributed by atoms with Gasteiger partial charge in [0.25, 0.3) is 0 Å². The Balaban J connectivity index is 1.91. The lowest BCUT2D eigenvalue weighted by atomic mass is 10.2. The van der Waals surface area contributed by atoms with E-state index >= 15 is 0 Å². The van der Waals surface area contributed by atoms with Gasteiger partial charge in [-0.25, -0.2) is 13.4 Å². The predicted molar refractivity (Wildman–Crippen MR) is 83.1 cm³/mol. The van der Waals surface area contributed by atoms with Gasteiger partial charge >= 0.3 is 0 Å². The van der Waals surface area contributed by atoms with Gasteiger partial charge in [-0.3, -0.25) is 0 Å². The highest BCUT2D eigenvalue weighted by Crippen LogP contribution is 2.23. The second-order valence-corrected chi connectivity index (χ2v) is 7.21. The van der Waals surface area contributed by atoms with Crippen LogP contribution < -0.4 is 5.32 Å². The molecule has 0 unspecified atom stereocenters. The molecule has 2 rings (SSSR count). The van der Waals surface area contributed by atoms with Gasteiger partial charge in [-0.1, -0.05) is 17.7 Å². The van der Waals surface area contributed by atoms with Crippen LogP contribution >= 0.6 is 11.6 Å². The van der Waals surface area contributed by atoms with Crippen LogP contribution in [0.3, 0.4) is 0 Å². The molecule has 21 heavy (non-hydrogen) atoms. The first-order valence-corrected chi connectivity index (χ1v) is 8.89. The number of aryl methyl sites for hydroxylation is 1. The normalized spacial score (nSPS) is 11.7. The number of nitrogens with zero attached hydrogens (tertiary/aromatic N) is 2. The summed E-state index contributed by atoms with van der Waals surface area (Å²) in [6.07, 6.45) is 7.55. The third kappa shape index (κ3) is 4.56. The number of nitrogens with one attached hydrogen (secondary N) is 1. The van der Waals surface area contributed by atoms with Crippen molar-refractivity contribution in [2.75, 3.05) is 12.8 Å². The summed E-state index contributed by atoms with van der Waals surface area (Å²) in [4.78, 5) is 4.27. The zero-order valence-electron chi connectivity index (χ0n) is 11.8. The predicted octanol–water partition coefficient (Wildman–Crippen LogP) is 2.12. The SMILES string of the molecule is CS(=O)(=O)c1cccc(Cl)c1CNCCCn1ccnc1. The van der Waals surface area contributed by atoms with Crippen LogP contribution in [0.4, 0.5) is 0 Å². The Morgan fingerprint density at radius 2 is 2.19 bits per heavy atom. The maximum Gasteiger partial charge on any atom is 0.175 e. The minimum atomic E-state index is -3.27. The van der Waals surface area contributed by atoms with Gasteiger partial charge in [0.05, 0.1) is 11.2 Å². The fraction of sp³-hybridized carbons (Fsp3) is 0.357. The zero-order valence-corrected chi connectivity index (χ0v) is 13.4. The maximum absolute atomic E-state index is 11.8. The lowest BCUT2D eigenvalue weighted by Crippen LogP contribution is -2.18. The van der Waals surface area contributed by atoms with Crippen LogP contribution in [0.1, 0.15) is 12.0 Å². The molecule has 0 bridgehead atoms. The van der Waals surface area contributed by atoms with Crippen LogP contribution in [0.15, 0.2) is 41.8 Å². The molecule has 0 fully saturated rings. The van der Waals surface area contributed by atoms with Gasteiger partial charge in [-0.15, -0.1) is 0 Å². The molecular formula is C14H18ClN3O2S. The summed E-state index contributed by atoms with van der Waals surface area (Å²) >= 11 is 6.11. The average Bonchev–Trinajstić information content (AvgIpc) is 2.92. The highest BCUT2D eigenvalue weighted by atomic mass is 35.5. The standard InChI is InChI=1S/C14H18ClN3O2S/c1-21(19,20)14-5-2-4-13(15)12(14)10-16-6-3-8-18-9-7-17-11-18/h2,4-5,7,9,11,16H,3,6,8,10H2,1H3. The molecule has 0 aliphatic rings. The smallest absolute Gasteiger partial charge is 0.175 e. The van der Waals surface area contributed by atoms with Gasteiger partial charge in [0, 0.05) is 42.3 Å². The number of aromatic nitrogens is 2. The van der Waals surface area contributed by atoms with Crippen molar-refractivity contribution in [3.63, 3.8) is 0 Å². The minimum Gasteiger partial charge on any atom is -0.337 e. The molecule has 5 nitrogen and oxygen atoms in total. The summed E-state index contributed by atoms with van der Waals surface area (Å²) in [5.74, 6) is 0. The molecule has 0 radical (unpaired) electrons. The third-order valence-corrected chi connectivity index (χ3v) is 4.64. The van der Waals surface area contributed by atoms with Crippen LogP contribution in [-0.4, -0.2) is 30.8 Å². The first-order valence-electron chi connectivity index (χ1n) is 6.62. The summed E-state index contributed by atoms with van der Waals surface area (Å²) in [6, 6.07) is 4.95. The summed E-state index contributed by atoms with van der Waals surface area (Å²) in [7, 11) is -3.27. The van der Waals surface area contributed by atoms with E-state index in [1.165, 1.54) is 6.26 Å². The van der Waals surface area contributed by atoms with Crippen molar-refractivity contribution in [3.8, 4) is 0 Å². The molecule has 0 saturated carbocycles. The number of halogens is 1. The van der Waals surface area contributed by atoms with E-state index in [0.717, 1.165) is 19.5 Å². The average molecular weight is 328 g/mol. The highest BCUT2D eigenvalue weighted by molar-refractivity contribution is 7.90. The molecule has 0 aliphatic carbocycles. The van der Waals surface area contributed by atoms with Crippen molar-refractivity contribution in [2.45, 2.75) is 24.4 Å². The Labute approximate surface area is 129 Å². The number of hydrogen-bond donors (Lipinski definition) is 1. The molecule has 0 atom stereocenters. The van der Waals surface area contributed by atoms with E-state index in [1.807, 2.05) is 10.8 Å². The monoisotopic (exact) mass is 327 g/mol. The summed E-state index contributed by atoms with van der Waals surface area (Å²) in [5, 5.41) is 3.71. The minimum absolute atomic E-state index is 0.289. The molecule has 1 N–H and O–H groups in total. The van der Waals surface area contributed by atoms with Crippen LogP contribution in [0.2, 0.25) is 5.02 Å². The third-order valence-electron chi connectivity index (χ3n) is 3.11. The number of imidazole rings is 1. The lowest BCUT2D eigenvalue weighted by Gasteiger charge is -2.11. The van der Waals surface area contributed by atoms with E-state index in [9.17, 15) is 8.42 Å². The molecular weight excluding hydrogens is 310 g/mol. The molecule has 1 aromatic heterocycles. The summed E-state index contributed by atoms with van der Waals surface area (Å²) in [6.45, 7) is 2.08. The first-order chi connectivity index (χ1) is 9.98.